The van der Waals surface area contributed by atoms with Gasteiger partial charge in [-0.25, -0.2) is 9.97 Å². The summed E-state index contributed by atoms with van der Waals surface area (Å²) in [4.78, 5) is 9.78. The number of nitriles is 2. The molecule has 0 spiro atoms. The van der Waals surface area contributed by atoms with Crippen LogP contribution in [0.4, 0.5) is 0 Å². The van der Waals surface area contributed by atoms with Crippen molar-refractivity contribution in [3.8, 4) is 23.4 Å². The highest BCUT2D eigenvalue weighted by Crippen LogP contribution is 2.45. The van der Waals surface area contributed by atoms with Crippen LogP contribution in [0, 0.1) is 36.5 Å². The quantitative estimate of drug-likeness (QED) is 0.383. The number of nitrogens with zero attached hydrogens (tertiary/aromatic N) is 6. The van der Waals surface area contributed by atoms with Crippen molar-refractivity contribution in [1.82, 2.24) is 18.7 Å². The molecule has 6 nitrogen and oxygen atoms in total. The lowest BCUT2D eigenvalue weighted by molar-refractivity contribution is 1.25. The van der Waals surface area contributed by atoms with Crippen LogP contribution in [0.15, 0.2) is 29.8 Å². The van der Waals surface area contributed by atoms with Crippen LogP contribution in [0.25, 0.3) is 38.9 Å². The average molecular weight is 366 g/mol. The number of aromatic nitrogens is 4. The second-order valence-corrected chi connectivity index (χ2v) is 6.88. The summed E-state index contributed by atoms with van der Waals surface area (Å²) in [6, 6.07) is 11.7. The molecule has 0 saturated carbocycles. The van der Waals surface area contributed by atoms with Crippen LogP contribution in [0.1, 0.15) is 22.4 Å². The van der Waals surface area contributed by atoms with Crippen molar-refractivity contribution in [2.45, 2.75) is 13.8 Å². The summed E-state index contributed by atoms with van der Waals surface area (Å²) >= 11 is 1.17. The molecule has 126 valence electrons. The highest BCUT2D eigenvalue weighted by molar-refractivity contribution is 7.00. The summed E-state index contributed by atoms with van der Waals surface area (Å²) in [5.41, 5.74) is 8.57. The Hall–Kier alpha value is -3.68. The fraction of sp³-hybridized carbons (Fsp3) is 0.100. The fourth-order valence-corrected chi connectivity index (χ4v) is 4.30. The Morgan fingerprint density at radius 2 is 1.37 bits per heavy atom. The number of benzene rings is 2. The van der Waals surface area contributed by atoms with Crippen LogP contribution in [-0.2, 0) is 0 Å². The number of rotatable bonds is 0. The summed E-state index contributed by atoms with van der Waals surface area (Å²) in [5, 5.41) is 18.9. The molecule has 0 radical (unpaired) electrons. The third-order valence-electron chi connectivity index (χ3n) is 4.97. The van der Waals surface area contributed by atoms with Crippen molar-refractivity contribution in [2.24, 2.45) is 0 Å². The smallest absolute Gasteiger partial charge is 0.139 e. The van der Waals surface area contributed by atoms with E-state index in [2.05, 4.69) is 8.75 Å². The van der Waals surface area contributed by atoms with E-state index >= 15 is 0 Å². The van der Waals surface area contributed by atoms with Crippen LogP contribution >= 0.6 is 11.7 Å². The summed E-state index contributed by atoms with van der Waals surface area (Å²) in [7, 11) is 0. The second-order valence-electron chi connectivity index (χ2n) is 6.35. The standard InChI is InChI=1S/C20H10N6S/c1-9-15-16(10(2)18-17(9)25-27-26-18)24-20-14(11(7-21)8-22)12-5-3-4-6-13(12)19(20)23-15/h3-6H,1-2H3. The van der Waals surface area contributed by atoms with E-state index < -0.39 is 0 Å². The number of aryl methyl sites for hydroxylation is 2. The van der Waals surface area contributed by atoms with Gasteiger partial charge in [0.15, 0.2) is 0 Å². The Morgan fingerprint density at radius 3 is 1.96 bits per heavy atom. The molecule has 1 aliphatic rings. The summed E-state index contributed by atoms with van der Waals surface area (Å²) in [6.45, 7) is 3.92. The SMILES string of the molecule is Cc1c2nsnc2c(C)c2nc3c(nc12)C(=C(C#N)C#N)c1ccccc1-3. The van der Waals surface area contributed by atoms with Crippen LogP contribution in [0.2, 0.25) is 0 Å². The van der Waals surface area contributed by atoms with E-state index in [4.69, 9.17) is 9.97 Å². The van der Waals surface area contributed by atoms with Gasteiger partial charge in [0, 0.05) is 22.3 Å². The summed E-state index contributed by atoms with van der Waals surface area (Å²) < 4.78 is 8.80. The minimum absolute atomic E-state index is 0.0422. The van der Waals surface area contributed by atoms with E-state index in [0.717, 1.165) is 44.3 Å². The lowest BCUT2D eigenvalue weighted by Gasteiger charge is -2.09. The maximum Gasteiger partial charge on any atom is 0.139 e. The van der Waals surface area contributed by atoms with Gasteiger partial charge in [0.1, 0.15) is 28.7 Å². The number of fused-ring (bicyclic) bond motifs is 5. The van der Waals surface area contributed by atoms with Crippen LogP contribution < -0.4 is 0 Å². The molecule has 2 heterocycles. The molecular formula is C20H10N6S. The molecule has 0 aliphatic heterocycles. The van der Waals surface area contributed by atoms with Crippen LogP contribution in [0.3, 0.4) is 0 Å². The van der Waals surface area contributed by atoms with Gasteiger partial charge in [0.2, 0.25) is 0 Å². The molecule has 1 aliphatic carbocycles. The highest BCUT2D eigenvalue weighted by atomic mass is 32.1. The first kappa shape index (κ1) is 15.6. The molecule has 0 bridgehead atoms. The zero-order valence-electron chi connectivity index (χ0n) is 14.4. The van der Waals surface area contributed by atoms with Crippen molar-refractivity contribution in [1.29, 1.82) is 10.5 Å². The Bertz CT molecular complexity index is 1400. The topological polar surface area (TPSA) is 99.1 Å². The van der Waals surface area contributed by atoms with Gasteiger partial charge in [0.25, 0.3) is 0 Å². The minimum atomic E-state index is 0.0422. The second kappa shape index (κ2) is 5.41. The van der Waals surface area contributed by atoms with Crippen molar-refractivity contribution in [2.75, 3.05) is 0 Å². The minimum Gasteiger partial charge on any atom is -0.243 e. The molecule has 0 unspecified atom stereocenters. The molecule has 7 heteroatoms. The van der Waals surface area contributed by atoms with Crippen molar-refractivity contribution in [3.05, 3.63) is 52.2 Å². The first-order valence-corrected chi connectivity index (χ1v) is 8.96. The first-order valence-electron chi connectivity index (χ1n) is 8.23. The molecule has 2 aromatic carbocycles. The van der Waals surface area contributed by atoms with Gasteiger partial charge < -0.3 is 0 Å². The number of hydrogen-bond acceptors (Lipinski definition) is 7. The Kier molecular flexibility index (Phi) is 3.12. The predicted molar refractivity (Wildman–Crippen MR) is 103 cm³/mol. The summed E-state index contributed by atoms with van der Waals surface area (Å²) in [5.74, 6) is 0. The molecule has 4 aromatic rings. The molecule has 0 atom stereocenters. The molecule has 0 saturated heterocycles. The lowest BCUT2D eigenvalue weighted by Crippen LogP contribution is -1.98. The maximum absolute atomic E-state index is 9.47. The zero-order chi connectivity index (χ0) is 18.7. The molecule has 0 N–H and O–H groups in total. The van der Waals surface area contributed by atoms with Gasteiger partial charge in [0.05, 0.1) is 34.1 Å². The number of hydrogen-bond donors (Lipinski definition) is 0. The van der Waals surface area contributed by atoms with E-state index in [-0.39, 0.29) is 5.57 Å². The number of allylic oxidation sites excluding steroid dienone is 1. The van der Waals surface area contributed by atoms with E-state index in [1.165, 1.54) is 11.7 Å². The average Bonchev–Trinajstić information content (AvgIpc) is 3.30. The Balaban J connectivity index is 2.01. The molecular weight excluding hydrogens is 356 g/mol. The van der Waals surface area contributed by atoms with Crippen LogP contribution in [0.5, 0.6) is 0 Å². The molecule has 0 amide bonds. The van der Waals surface area contributed by atoms with E-state index in [9.17, 15) is 10.5 Å². The van der Waals surface area contributed by atoms with Crippen molar-refractivity contribution in [3.63, 3.8) is 0 Å². The fourth-order valence-electron chi connectivity index (χ4n) is 3.65. The molecule has 27 heavy (non-hydrogen) atoms. The lowest BCUT2D eigenvalue weighted by atomic mass is 10.0. The van der Waals surface area contributed by atoms with Gasteiger partial charge in [-0.2, -0.15) is 19.3 Å². The van der Waals surface area contributed by atoms with Gasteiger partial charge in [-0.3, -0.25) is 0 Å². The first-order chi connectivity index (χ1) is 13.2. The largest absolute Gasteiger partial charge is 0.243 e. The zero-order valence-corrected chi connectivity index (χ0v) is 15.2. The van der Waals surface area contributed by atoms with E-state index in [1.807, 2.05) is 50.3 Å². The van der Waals surface area contributed by atoms with E-state index in [0.29, 0.717) is 17.0 Å². The maximum atomic E-state index is 9.47. The highest BCUT2D eigenvalue weighted by Gasteiger charge is 2.30. The molecule has 5 rings (SSSR count). The van der Waals surface area contributed by atoms with Crippen LogP contribution in [-0.4, -0.2) is 18.7 Å². The van der Waals surface area contributed by atoms with Crippen molar-refractivity contribution >= 4 is 39.4 Å². The monoisotopic (exact) mass is 366 g/mol. The van der Waals surface area contributed by atoms with Gasteiger partial charge in [-0.15, -0.1) is 0 Å². The van der Waals surface area contributed by atoms with Gasteiger partial charge in [-0.1, -0.05) is 24.3 Å². The molecule has 0 fully saturated rings. The third-order valence-corrected chi connectivity index (χ3v) is 5.50. The normalized spacial score (nSPS) is 11.9. The summed E-state index contributed by atoms with van der Waals surface area (Å²) in [6.07, 6.45) is 0. The van der Waals surface area contributed by atoms with Gasteiger partial charge in [-0.05, 0) is 19.4 Å². The Morgan fingerprint density at radius 1 is 0.815 bits per heavy atom. The van der Waals surface area contributed by atoms with Crippen molar-refractivity contribution < 1.29 is 0 Å². The molecule has 2 aromatic heterocycles. The van der Waals surface area contributed by atoms with E-state index in [1.54, 1.807) is 0 Å². The third kappa shape index (κ3) is 1.92. The Labute approximate surface area is 158 Å². The van der Waals surface area contributed by atoms with Gasteiger partial charge >= 0.3 is 0 Å². The predicted octanol–water partition coefficient (Wildman–Crippen LogP) is 4.08.